The van der Waals surface area contributed by atoms with Gasteiger partial charge in [-0.25, -0.2) is 0 Å². The zero-order valence-corrected chi connectivity index (χ0v) is 16.8. The summed E-state index contributed by atoms with van der Waals surface area (Å²) in [4.78, 5) is 15.2. The molecular formula is C18H23Br2N3O. The zero-order valence-electron chi connectivity index (χ0n) is 13.6. The maximum Gasteiger partial charge on any atom is 0.250 e. The Balaban J connectivity index is 1.76. The maximum atomic E-state index is 11.7. The second-order valence-corrected chi connectivity index (χ2v) is 8.15. The molecule has 0 bridgehead atoms. The van der Waals surface area contributed by atoms with Crippen LogP contribution in [0.4, 0.5) is 0 Å². The number of unbranched alkanes of at least 4 members (excludes halogenated alkanes) is 1. The lowest BCUT2D eigenvalue weighted by molar-refractivity contribution is 0.100. The number of nitrogens with two attached hydrogens (primary N) is 1. The number of alkyl halides is 1. The molecule has 0 radical (unpaired) electrons. The molecule has 130 valence electrons. The van der Waals surface area contributed by atoms with E-state index in [1.165, 1.54) is 30.5 Å². The van der Waals surface area contributed by atoms with Crippen LogP contribution >= 0.6 is 31.9 Å². The Bertz CT molecular complexity index is 741. The van der Waals surface area contributed by atoms with E-state index in [0.29, 0.717) is 11.5 Å². The van der Waals surface area contributed by atoms with Gasteiger partial charge in [0.25, 0.3) is 5.91 Å². The first-order valence-corrected chi connectivity index (χ1v) is 10.4. The minimum atomic E-state index is -0.379. The van der Waals surface area contributed by atoms with Gasteiger partial charge in [-0.2, -0.15) is 0 Å². The van der Waals surface area contributed by atoms with Crippen molar-refractivity contribution in [1.82, 2.24) is 10.3 Å². The van der Waals surface area contributed by atoms with E-state index < -0.39 is 0 Å². The molecular weight excluding hydrogens is 434 g/mol. The van der Waals surface area contributed by atoms with Crippen LogP contribution in [0.3, 0.4) is 0 Å². The molecule has 1 heterocycles. The Morgan fingerprint density at radius 1 is 1.38 bits per heavy atom. The molecule has 0 spiro atoms. The summed E-state index contributed by atoms with van der Waals surface area (Å²) in [5.41, 5.74) is 9.60. The van der Waals surface area contributed by atoms with E-state index >= 15 is 0 Å². The molecule has 0 aliphatic heterocycles. The Kier molecular flexibility index (Phi) is 6.00. The lowest BCUT2D eigenvalue weighted by atomic mass is 9.86. The third-order valence-electron chi connectivity index (χ3n) is 4.83. The summed E-state index contributed by atoms with van der Waals surface area (Å²) in [5, 5.41) is 5.78. The summed E-state index contributed by atoms with van der Waals surface area (Å²) in [6.07, 6.45) is 5.68. The van der Waals surface area contributed by atoms with Gasteiger partial charge in [0, 0.05) is 20.9 Å². The van der Waals surface area contributed by atoms with Crippen molar-refractivity contribution in [3.8, 4) is 0 Å². The fourth-order valence-corrected chi connectivity index (χ4v) is 4.57. The molecule has 4 nitrogen and oxygen atoms in total. The van der Waals surface area contributed by atoms with Crippen LogP contribution < -0.4 is 11.1 Å². The van der Waals surface area contributed by atoms with Gasteiger partial charge in [-0.1, -0.05) is 31.9 Å². The number of hydrogen-bond acceptors (Lipinski definition) is 2. The molecule has 0 saturated heterocycles. The van der Waals surface area contributed by atoms with Gasteiger partial charge in [0.05, 0.1) is 11.1 Å². The van der Waals surface area contributed by atoms with E-state index in [1.54, 1.807) is 6.07 Å². The maximum absolute atomic E-state index is 11.7. The molecule has 1 aliphatic rings. The number of H-pyrrole nitrogens is 1. The Hall–Kier alpha value is -0.850. The zero-order chi connectivity index (χ0) is 17.1. The first kappa shape index (κ1) is 18.0. The fourth-order valence-electron chi connectivity index (χ4n) is 3.60. The number of primary amides is 1. The molecule has 1 aromatic carbocycles. The predicted molar refractivity (Wildman–Crippen MR) is 106 cm³/mol. The summed E-state index contributed by atoms with van der Waals surface area (Å²) >= 11 is 7.10. The van der Waals surface area contributed by atoms with Crippen LogP contribution in [-0.4, -0.2) is 29.3 Å². The molecule has 1 amide bonds. The van der Waals surface area contributed by atoms with Crippen LogP contribution in [0.2, 0.25) is 0 Å². The van der Waals surface area contributed by atoms with Crippen molar-refractivity contribution >= 4 is 48.7 Å². The topological polar surface area (TPSA) is 70.9 Å². The number of nitrogens with one attached hydrogen (secondary N) is 2. The highest BCUT2D eigenvalue weighted by molar-refractivity contribution is 9.10. The Morgan fingerprint density at radius 2 is 2.21 bits per heavy atom. The van der Waals surface area contributed by atoms with Crippen molar-refractivity contribution in [2.45, 2.75) is 32.1 Å². The minimum Gasteiger partial charge on any atom is -0.366 e. The van der Waals surface area contributed by atoms with Gasteiger partial charge < -0.3 is 16.0 Å². The van der Waals surface area contributed by atoms with Crippen LogP contribution in [0.15, 0.2) is 16.6 Å². The highest BCUT2D eigenvalue weighted by Crippen LogP contribution is 2.36. The van der Waals surface area contributed by atoms with Gasteiger partial charge in [-0.05, 0) is 68.8 Å². The molecule has 1 atom stereocenters. The van der Waals surface area contributed by atoms with Crippen molar-refractivity contribution in [1.29, 1.82) is 0 Å². The van der Waals surface area contributed by atoms with E-state index in [0.717, 1.165) is 46.6 Å². The average molecular weight is 457 g/mol. The third kappa shape index (κ3) is 3.70. The normalized spacial score (nSPS) is 17.2. The van der Waals surface area contributed by atoms with E-state index in [9.17, 15) is 4.79 Å². The fraction of sp³-hybridized carbons (Fsp3) is 0.500. The van der Waals surface area contributed by atoms with Gasteiger partial charge in [-0.3, -0.25) is 4.79 Å². The standard InChI is InChI=1S/C18H23Br2N3O/c19-7-1-2-8-22-10-11-3-4-12-15(9-11)23-17-13(18(21)24)5-6-14(20)16(12)17/h5-6,11,22-23H,1-4,7-10H2,(H2,21,24). The van der Waals surface area contributed by atoms with E-state index in [4.69, 9.17) is 5.73 Å². The Labute approximate surface area is 159 Å². The second kappa shape index (κ2) is 8.02. The van der Waals surface area contributed by atoms with Gasteiger partial charge in [0.2, 0.25) is 0 Å². The van der Waals surface area contributed by atoms with Gasteiger partial charge >= 0.3 is 0 Å². The SMILES string of the molecule is NC(=O)c1ccc(Br)c2c3c([nH]c12)CC(CNCCCCBr)CC3. The lowest BCUT2D eigenvalue weighted by Gasteiger charge is -2.23. The van der Waals surface area contributed by atoms with Crippen molar-refractivity contribution in [3.63, 3.8) is 0 Å². The number of aryl methyl sites for hydroxylation is 1. The molecule has 0 fully saturated rings. The molecule has 6 heteroatoms. The number of carbonyl (C=O) groups is 1. The van der Waals surface area contributed by atoms with Crippen LogP contribution in [0, 0.1) is 5.92 Å². The van der Waals surface area contributed by atoms with Crippen molar-refractivity contribution in [2.24, 2.45) is 11.7 Å². The monoisotopic (exact) mass is 455 g/mol. The summed E-state index contributed by atoms with van der Waals surface area (Å²) in [6.45, 7) is 2.14. The summed E-state index contributed by atoms with van der Waals surface area (Å²) < 4.78 is 1.03. The van der Waals surface area contributed by atoms with Crippen LogP contribution in [0.5, 0.6) is 0 Å². The molecule has 3 rings (SSSR count). The highest BCUT2D eigenvalue weighted by atomic mass is 79.9. The van der Waals surface area contributed by atoms with Gasteiger partial charge in [0.15, 0.2) is 0 Å². The number of benzene rings is 1. The molecule has 1 unspecified atom stereocenters. The average Bonchev–Trinajstić information content (AvgIpc) is 2.93. The first-order chi connectivity index (χ1) is 11.6. The molecule has 1 aromatic heterocycles. The molecule has 0 saturated carbocycles. The van der Waals surface area contributed by atoms with Crippen LogP contribution in [0.25, 0.3) is 10.9 Å². The lowest BCUT2D eigenvalue weighted by Crippen LogP contribution is -2.28. The smallest absolute Gasteiger partial charge is 0.250 e. The van der Waals surface area contributed by atoms with Crippen molar-refractivity contribution in [3.05, 3.63) is 33.4 Å². The number of amides is 1. The first-order valence-electron chi connectivity index (χ1n) is 8.50. The molecule has 1 aliphatic carbocycles. The van der Waals surface area contributed by atoms with Crippen molar-refractivity contribution in [2.75, 3.05) is 18.4 Å². The van der Waals surface area contributed by atoms with E-state index in [1.807, 2.05) is 6.07 Å². The van der Waals surface area contributed by atoms with Crippen LogP contribution in [0.1, 0.15) is 40.9 Å². The number of carbonyl (C=O) groups excluding carboxylic acids is 1. The minimum absolute atomic E-state index is 0.379. The quantitative estimate of drug-likeness (QED) is 0.436. The van der Waals surface area contributed by atoms with Gasteiger partial charge in [0.1, 0.15) is 0 Å². The molecule has 2 aromatic rings. The number of rotatable bonds is 7. The van der Waals surface area contributed by atoms with E-state index in [-0.39, 0.29) is 5.91 Å². The van der Waals surface area contributed by atoms with E-state index in [2.05, 4.69) is 42.2 Å². The van der Waals surface area contributed by atoms with Crippen molar-refractivity contribution < 1.29 is 4.79 Å². The largest absolute Gasteiger partial charge is 0.366 e. The second-order valence-electron chi connectivity index (χ2n) is 6.50. The Morgan fingerprint density at radius 3 is 2.96 bits per heavy atom. The number of aromatic amines is 1. The number of aromatic nitrogens is 1. The number of fused-ring (bicyclic) bond motifs is 3. The summed E-state index contributed by atoms with van der Waals surface area (Å²) in [5.74, 6) is 0.265. The molecule has 4 N–H and O–H groups in total. The number of halogens is 2. The summed E-state index contributed by atoms with van der Waals surface area (Å²) in [6, 6.07) is 3.72. The number of hydrogen-bond donors (Lipinski definition) is 3. The van der Waals surface area contributed by atoms with Crippen LogP contribution in [-0.2, 0) is 12.8 Å². The molecule has 24 heavy (non-hydrogen) atoms. The predicted octanol–water partition coefficient (Wildman–Crippen LogP) is 3.90. The van der Waals surface area contributed by atoms with Gasteiger partial charge in [-0.15, -0.1) is 0 Å². The highest BCUT2D eigenvalue weighted by Gasteiger charge is 2.25. The summed E-state index contributed by atoms with van der Waals surface area (Å²) in [7, 11) is 0. The third-order valence-corrected chi connectivity index (χ3v) is 6.05.